The average molecular weight is 328 g/mol. The summed E-state index contributed by atoms with van der Waals surface area (Å²) in [7, 11) is 0. The zero-order valence-corrected chi connectivity index (χ0v) is 17.2. The van der Waals surface area contributed by atoms with Gasteiger partial charge in [-0.15, -0.1) is 0 Å². The molecule has 0 saturated heterocycles. The third-order valence-corrected chi connectivity index (χ3v) is 3.70. The molecule has 134 valence electrons. The summed E-state index contributed by atoms with van der Waals surface area (Å²) in [6.07, 6.45) is 19.5. The smallest absolute Gasteiger partial charge is 0.0481 e. The molecule has 1 aliphatic carbocycles. The van der Waals surface area contributed by atoms with Crippen LogP contribution in [0.1, 0.15) is 62.3 Å². The van der Waals surface area contributed by atoms with E-state index in [1.165, 1.54) is 5.57 Å². The predicted molar refractivity (Wildman–Crippen MR) is 112 cm³/mol. The van der Waals surface area contributed by atoms with E-state index >= 15 is 0 Å². The Morgan fingerprint density at radius 1 is 0.792 bits per heavy atom. The van der Waals surface area contributed by atoms with Crippen molar-refractivity contribution in [3.05, 3.63) is 59.9 Å². The van der Waals surface area contributed by atoms with Crippen LogP contribution in [0.25, 0.3) is 0 Å². The second kappa shape index (κ2) is 10.3. The second-order valence-electron chi connectivity index (χ2n) is 6.96. The summed E-state index contributed by atoms with van der Waals surface area (Å²) in [4.78, 5) is 4.65. The van der Waals surface area contributed by atoms with E-state index in [9.17, 15) is 0 Å². The zero-order chi connectivity index (χ0) is 18.8. The van der Waals surface area contributed by atoms with Crippen LogP contribution in [0.4, 0.5) is 0 Å². The van der Waals surface area contributed by atoms with Crippen LogP contribution in [-0.4, -0.2) is 6.21 Å². The lowest BCUT2D eigenvalue weighted by Crippen LogP contribution is -2.12. The molecule has 0 fully saturated rings. The monoisotopic (exact) mass is 327 g/mol. The van der Waals surface area contributed by atoms with Gasteiger partial charge in [-0.05, 0) is 13.0 Å². The summed E-state index contributed by atoms with van der Waals surface area (Å²) in [6, 6.07) is 0. The first kappa shape index (κ1) is 22.4. The lowest BCUT2D eigenvalue weighted by atomic mass is 9.82. The molecule has 0 aromatic carbocycles. The summed E-state index contributed by atoms with van der Waals surface area (Å²) >= 11 is 0. The van der Waals surface area contributed by atoms with Crippen LogP contribution in [0.5, 0.6) is 0 Å². The van der Waals surface area contributed by atoms with Crippen LogP contribution in [-0.2, 0) is 0 Å². The van der Waals surface area contributed by atoms with Crippen LogP contribution in [0, 0.1) is 16.7 Å². The maximum atomic E-state index is 4.65. The lowest BCUT2D eigenvalue weighted by molar-refractivity contribution is 0.601. The van der Waals surface area contributed by atoms with Crippen LogP contribution in [0.15, 0.2) is 64.9 Å². The third-order valence-electron chi connectivity index (χ3n) is 3.70. The molecule has 0 aromatic heterocycles. The molecule has 0 aromatic rings. The molecule has 0 amide bonds. The van der Waals surface area contributed by atoms with E-state index in [0.717, 1.165) is 5.70 Å². The van der Waals surface area contributed by atoms with Crippen molar-refractivity contribution in [1.82, 2.24) is 0 Å². The van der Waals surface area contributed by atoms with Gasteiger partial charge in [0.05, 0.1) is 0 Å². The quantitative estimate of drug-likeness (QED) is 0.448. The fourth-order valence-electron chi connectivity index (χ4n) is 2.74. The molecule has 0 saturated carbocycles. The number of aliphatic imine (C=N–C) groups is 1. The highest BCUT2D eigenvalue weighted by molar-refractivity contribution is 5.73. The van der Waals surface area contributed by atoms with Gasteiger partial charge in [-0.3, -0.25) is 4.99 Å². The van der Waals surface area contributed by atoms with Gasteiger partial charge < -0.3 is 0 Å². The van der Waals surface area contributed by atoms with Gasteiger partial charge in [-0.2, -0.15) is 0 Å². The minimum atomic E-state index is 0.0493. The van der Waals surface area contributed by atoms with Gasteiger partial charge in [0.25, 0.3) is 0 Å². The van der Waals surface area contributed by atoms with Gasteiger partial charge in [-0.25, -0.2) is 0 Å². The second-order valence-corrected chi connectivity index (χ2v) is 6.96. The highest BCUT2D eigenvalue weighted by atomic mass is 14.7. The lowest BCUT2D eigenvalue weighted by Gasteiger charge is -2.24. The molecule has 0 bridgehead atoms. The molecule has 1 atom stereocenters. The van der Waals surface area contributed by atoms with Crippen molar-refractivity contribution in [2.45, 2.75) is 62.3 Å². The molecule has 1 aliphatic heterocycles. The molecule has 0 N–H and O–H groups in total. The number of allylic oxidation sites excluding steroid dienone is 8. The van der Waals surface area contributed by atoms with E-state index in [0.29, 0.717) is 0 Å². The predicted octanol–water partition coefficient (Wildman–Crippen LogP) is 7.30. The molecule has 1 heteroatoms. The first-order chi connectivity index (χ1) is 11.3. The van der Waals surface area contributed by atoms with Crippen molar-refractivity contribution >= 4 is 6.21 Å². The molecule has 1 heterocycles. The Hall–Kier alpha value is -1.63. The molecule has 24 heavy (non-hydrogen) atoms. The number of rotatable bonds is 1. The number of nitrogens with zero attached hydrogens (tertiary/aromatic N) is 1. The topological polar surface area (TPSA) is 12.4 Å². The van der Waals surface area contributed by atoms with Crippen LogP contribution in [0.2, 0.25) is 0 Å². The van der Waals surface area contributed by atoms with Gasteiger partial charge in [0.1, 0.15) is 0 Å². The van der Waals surface area contributed by atoms with E-state index < -0.39 is 0 Å². The molecule has 1 unspecified atom stereocenters. The van der Waals surface area contributed by atoms with Crippen molar-refractivity contribution in [1.29, 1.82) is 0 Å². The Balaban J connectivity index is 0.00000123. The fourth-order valence-corrected chi connectivity index (χ4v) is 2.74. The van der Waals surface area contributed by atoms with E-state index in [-0.39, 0.29) is 16.7 Å². The van der Waals surface area contributed by atoms with E-state index in [1.54, 1.807) is 0 Å². The largest absolute Gasteiger partial charge is 0.261 e. The van der Waals surface area contributed by atoms with Crippen LogP contribution < -0.4 is 0 Å². The standard InChI is InChI=1S/C19H25N.2C2H6/c1-15-13-18(2,3)10-7-6-9-16(15)17-14-19(4,5)11-8-12-20-17;2*1-2/h6-14,16H,1-5H3;2*1-2H3/b9-6-,10-7-,15-13?;;. The van der Waals surface area contributed by atoms with E-state index in [2.05, 4.69) is 82.1 Å². The minimum Gasteiger partial charge on any atom is -0.261 e. The highest BCUT2D eigenvalue weighted by Crippen LogP contribution is 2.34. The number of hydrogen-bond acceptors (Lipinski definition) is 1. The summed E-state index contributed by atoms with van der Waals surface area (Å²) in [5, 5.41) is 0. The molecule has 0 spiro atoms. The van der Waals surface area contributed by atoms with E-state index in [4.69, 9.17) is 0 Å². The Bertz CT molecular complexity index is 549. The van der Waals surface area contributed by atoms with Gasteiger partial charge in [0, 0.05) is 28.7 Å². The Kier molecular flexibility index (Phi) is 9.58. The van der Waals surface area contributed by atoms with Gasteiger partial charge in [0.15, 0.2) is 0 Å². The Morgan fingerprint density at radius 3 is 1.96 bits per heavy atom. The molecular weight excluding hydrogens is 290 g/mol. The van der Waals surface area contributed by atoms with Crippen molar-refractivity contribution in [2.24, 2.45) is 21.7 Å². The fraction of sp³-hybridized carbons (Fsp3) is 0.522. The van der Waals surface area contributed by atoms with Crippen molar-refractivity contribution < 1.29 is 0 Å². The highest BCUT2D eigenvalue weighted by Gasteiger charge is 2.21. The molecule has 2 aliphatic rings. The summed E-state index contributed by atoms with van der Waals surface area (Å²) in [5.41, 5.74) is 2.64. The maximum absolute atomic E-state index is 4.65. The molecule has 2 rings (SSSR count). The minimum absolute atomic E-state index is 0.0493. The molecular formula is C23H37N. The van der Waals surface area contributed by atoms with Crippen molar-refractivity contribution in [3.63, 3.8) is 0 Å². The molecule has 0 radical (unpaired) electrons. The van der Waals surface area contributed by atoms with Crippen molar-refractivity contribution in [3.8, 4) is 0 Å². The van der Waals surface area contributed by atoms with Crippen LogP contribution in [0.3, 0.4) is 0 Å². The first-order valence-electron chi connectivity index (χ1n) is 9.29. The average Bonchev–Trinajstić information content (AvgIpc) is 2.69. The van der Waals surface area contributed by atoms with E-state index in [1.807, 2.05) is 40.0 Å². The molecule has 1 nitrogen and oxygen atoms in total. The van der Waals surface area contributed by atoms with Crippen molar-refractivity contribution in [2.75, 3.05) is 0 Å². The maximum Gasteiger partial charge on any atom is 0.0481 e. The summed E-state index contributed by atoms with van der Waals surface area (Å²) in [5.74, 6) is 0.259. The normalized spacial score (nSPS) is 26.0. The Labute approximate surface area is 150 Å². The third kappa shape index (κ3) is 7.29. The Morgan fingerprint density at radius 2 is 1.33 bits per heavy atom. The summed E-state index contributed by atoms with van der Waals surface area (Å²) in [6.45, 7) is 19.1. The first-order valence-corrected chi connectivity index (χ1v) is 9.29. The SMILES string of the molecule is CC.CC.CC1=CC(C)(C)/C=C\C=C/C1C1=CC(C)(C)C=CC=N1. The zero-order valence-electron chi connectivity index (χ0n) is 17.2. The van der Waals surface area contributed by atoms with Crippen LogP contribution >= 0.6 is 0 Å². The van der Waals surface area contributed by atoms with Gasteiger partial charge in [-0.1, -0.05) is 103 Å². The van der Waals surface area contributed by atoms with Gasteiger partial charge in [0.2, 0.25) is 0 Å². The van der Waals surface area contributed by atoms with Gasteiger partial charge >= 0.3 is 0 Å². The number of hydrogen-bond donors (Lipinski definition) is 0. The summed E-state index contributed by atoms with van der Waals surface area (Å²) < 4.78 is 0.